The highest BCUT2D eigenvalue weighted by atomic mass is 16.5. The fraction of sp³-hybridized carbons (Fsp3) is 0.375. The molecular weight excluding hydrogens is 418 g/mol. The van der Waals surface area contributed by atoms with Crippen molar-refractivity contribution in [2.75, 3.05) is 17.7 Å². The molecule has 0 bridgehead atoms. The first-order valence-corrected chi connectivity index (χ1v) is 11.2. The molecule has 3 N–H and O–H groups in total. The van der Waals surface area contributed by atoms with Gasteiger partial charge in [-0.15, -0.1) is 5.10 Å². The molecule has 0 unspecified atom stereocenters. The van der Waals surface area contributed by atoms with Crippen molar-refractivity contribution < 1.29 is 9.84 Å². The standard InChI is InChI=1S/C24H29N7O2/c1-24(32)10-8-18(9-11-24)26-22-20-5-4-12-31(20)29-23(28-22)27-19-7-6-16(13-21(19)33-3)17-14-25-30(2)15-17/h4-7,12-15,18,32H,8-11H2,1-3H3,(H2,26,27,28,29). The number of ether oxygens (including phenoxy) is 1. The summed E-state index contributed by atoms with van der Waals surface area (Å²) in [5.74, 6) is 1.93. The second-order valence-corrected chi connectivity index (χ2v) is 8.98. The number of methoxy groups -OCH3 is 1. The number of anilines is 3. The van der Waals surface area contributed by atoms with E-state index in [4.69, 9.17) is 9.72 Å². The minimum atomic E-state index is -0.570. The van der Waals surface area contributed by atoms with Crippen molar-refractivity contribution in [2.45, 2.75) is 44.2 Å². The Bertz CT molecular complexity index is 1270. The zero-order chi connectivity index (χ0) is 23.0. The van der Waals surface area contributed by atoms with Crippen molar-refractivity contribution in [3.8, 4) is 16.9 Å². The van der Waals surface area contributed by atoms with E-state index in [0.717, 1.165) is 53.8 Å². The topological polar surface area (TPSA) is 102 Å². The zero-order valence-corrected chi connectivity index (χ0v) is 19.1. The average Bonchev–Trinajstić information content (AvgIpc) is 3.44. The van der Waals surface area contributed by atoms with E-state index in [1.54, 1.807) is 11.8 Å². The van der Waals surface area contributed by atoms with Crippen LogP contribution >= 0.6 is 0 Å². The summed E-state index contributed by atoms with van der Waals surface area (Å²) >= 11 is 0. The predicted molar refractivity (Wildman–Crippen MR) is 128 cm³/mol. The van der Waals surface area contributed by atoms with Crippen LogP contribution in [-0.2, 0) is 7.05 Å². The van der Waals surface area contributed by atoms with Crippen molar-refractivity contribution in [1.82, 2.24) is 24.4 Å². The summed E-state index contributed by atoms with van der Waals surface area (Å²) in [4.78, 5) is 4.77. The zero-order valence-electron chi connectivity index (χ0n) is 19.1. The van der Waals surface area contributed by atoms with Crippen molar-refractivity contribution in [2.24, 2.45) is 7.05 Å². The number of benzene rings is 1. The molecule has 3 aromatic heterocycles. The SMILES string of the molecule is COc1cc(-c2cnn(C)c2)ccc1Nc1nc(NC2CCC(C)(O)CC2)c2cccn2n1. The second kappa shape index (κ2) is 8.40. The highest BCUT2D eigenvalue weighted by Crippen LogP contribution is 2.33. The van der Waals surface area contributed by atoms with Crippen molar-refractivity contribution >= 4 is 23.0 Å². The van der Waals surface area contributed by atoms with Gasteiger partial charge in [0.05, 0.1) is 24.6 Å². The summed E-state index contributed by atoms with van der Waals surface area (Å²) in [6, 6.07) is 10.2. The van der Waals surface area contributed by atoms with Crippen molar-refractivity contribution in [3.63, 3.8) is 0 Å². The molecule has 5 rings (SSSR count). The Balaban J connectivity index is 1.41. The van der Waals surface area contributed by atoms with Crippen LogP contribution in [0.1, 0.15) is 32.6 Å². The summed E-state index contributed by atoms with van der Waals surface area (Å²) < 4.78 is 9.23. The molecule has 9 heteroatoms. The quantitative estimate of drug-likeness (QED) is 0.411. The molecule has 0 saturated heterocycles. The van der Waals surface area contributed by atoms with E-state index in [9.17, 15) is 5.11 Å². The molecule has 1 aliphatic rings. The Morgan fingerprint density at radius 1 is 1.18 bits per heavy atom. The molecule has 33 heavy (non-hydrogen) atoms. The maximum Gasteiger partial charge on any atom is 0.247 e. The molecule has 1 fully saturated rings. The first-order valence-electron chi connectivity index (χ1n) is 11.2. The van der Waals surface area contributed by atoms with Gasteiger partial charge in [0.1, 0.15) is 11.3 Å². The second-order valence-electron chi connectivity index (χ2n) is 8.98. The van der Waals surface area contributed by atoms with Gasteiger partial charge in [0.15, 0.2) is 5.82 Å². The number of hydrogen-bond donors (Lipinski definition) is 3. The lowest BCUT2D eigenvalue weighted by molar-refractivity contribution is 0.0196. The molecular formula is C24H29N7O2. The molecule has 1 aromatic carbocycles. The number of nitrogens with one attached hydrogen (secondary N) is 2. The minimum absolute atomic E-state index is 0.264. The van der Waals surface area contributed by atoms with Gasteiger partial charge in [0.2, 0.25) is 5.95 Å². The van der Waals surface area contributed by atoms with Crippen LogP contribution in [0.2, 0.25) is 0 Å². The third-order valence-electron chi connectivity index (χ3n) is 6.28. The van der Waals surface area contributed by atoms with Crippen LogP contribution in [0.5, 0.6) is 5.75 Å². The average molecular weight is 448 g/mol. The fourth-order valence-corrected chi connectivity index (χ4v) is 4.34. The first kappa shape index (κ1) is 21.3. The molecule has 0 atom stereocenters. The van der Waals surface area contributed by atoms with E-state index in [1.165, 1.54) is 0 Å². The predicted octanol–water partition coefficient (Wildman–Crippen LogP) is 3.99. The maximum atomic E-state index is 10.3. The van der Waals surface area contributed by atoms with Gasteiger partial charge in [-0.25, -0.2) is 4.52 Å². The van der Waals surface area contributed by atoms with Gasteiger partial charge in [-0.05, 0) is 62.4 Å². The van der Waals surface area contributed by atoms with Gasteiger partial charge in [-0.1, -0.05) is 6.07 Å². The molecule has 0 radical (unpaired) electrons. The van der Waals surface area contributed by atoms with Gasteiger partial charge in [-0.3, -0.25) is 4.68 Å². The minimum Gasteiger partial charge on any atom is -0.495 e. The third-order valence-corrected chi connectivity index (χ3v) is 6.28. The lowest BCUT2D eigenvalue weighted by atomic mass is 9.84. The Hall–Kier alpha value is -3.59. The fourth-order valence-electron chi connectivity index (χ4n) is 4.34. The smallest absolute Gasteiger partial charge is 0.247 e. The number of aryl methyl sites for hydroxylation is 1. The molecule has 172 valence electrons. The van der Waals surface area contributed by atoms with E-state index in [0.29, 0.717) is 11.7 Å². The number of hydrogen-bond acceptors (Lipinski definition) is 7. The highest BCUT2D eigenvalue weighted by Gasteiger charge is 2.29. The van der Waals surface area contributed by atoms with Gasteiger partial charge in [0, 0.05) is 31.0 Å². The Morgan fingerprint density at radius 2 is 2.00 bits per heavy atom. The lowest BCUT2D eigenvalue weighted by Crippen LogP contribution is -2.36. The maximum absolute atomic E-state index is 10.3. The molecule has 1 saturated carbocycles. The number of aliphatic hydroxyl groups is 1. The van der Waals surface area contributed by atoms with E-state index in [-0.39, 0.29) is 6.04 Å². The van der Waals surface area contributed by atoms with Crippen LogP contribution < -0.4 is 15.4 Å². The monoisotopic (exact) mass is 447 g/mol. The number of aromatic nitrogens is 5. The first-order chi connectivity index (χ1) is 15.9. The molecule has 9 nitrogen and oxygen atoms in total. The Kier molecular flexibility index (Phi) is 5.41. The molecule has 0 aliphatic heterocycles. The highest BCUT2D eigenvalue weighted by molar-refractivity contribution is 5.74. The van der Waals surface area contributed by atoms with Gasteiger partial charge < -0.3 is 20.5 Å². The number of nitrogens with zero attached hydrogens (tertiary/aromatic N) is 5. The van der Waals surface area contributed by atoms with Gasteiger partial charge >= 0.3 is 0 Å². The third kappa shape index (κ3) is 4.49. The molecule has 3 heterocycles. The van der Waals surface area contributed by atoms with Crippen LogP contribution in [0.3, 0.4) is 0 Å². The summed E-state index contributed by atoms with van der Waals surface area (Å²) in [5, 5.41) is 26.0. The van der Waals surface area contributed by atoms with Crippen LogP contribution in [0, 0.1) is 0 Å². The lowest BCUT2D eigenvalue weighted by Gasteiger charge is -2.33. The summed E-state index contributed by atoms with van der Waals surface area (Å²) in [6.07, 6.45) is 9.05. The molecule has 0 spiro atoms. The van der Waals surface area contributed by atoms with Gasteiger partial charge in [-0.2, -0.15) is 10.1 Å². The Morgan fingerprint density at radius 3 is 2.73 bits per heavy atom. The number of rotatable bonds is 6. The van der Waals surface area contributed by atoms with E-state index >= 15 is 0 Å². The Labute approximate surface area is 192 Å². The summed E-state index contributed by atoms with van der Waals surface area (Å²) in [7, 11) is 3.54. The normalized spacial score (nSPS) is 20.7. The summed E-state index contributed by atoms with van der Waals surface area (Å²) in [5.41, 5.74) is 3.15. The van der Waals surface area contributed by atoms with E-state index in [2.05, 4.69) is 20.8 Å². The van der Waals surface area contributed by atoms with Crippen LogP contribution in [0.15, 0.2) is 48.9 Å². The van der Waals surface area contributed by atoms with Crippen LogP contribution in [0.25, 0.3) is 16.6 Å². The van der Waals surface area contributed by atoms with Crippen LogP contribution in [0.4, 0.5) is 17.5 Å². The molecule has 4 aromatic rings. The largest absolute Gasteiger partial charge is 0.495 e. The summed E-state index contributed by atoms with van der Waals surface area (Å²) in [6.45, 7) is 1.91. The number of fused-ring (bicyclic) bond motifs is 1. The van der Waals surface area contributed by atoms with E-state index in [1.807, 2.05) is 67.4 Å². The van der Waals surface area contributed by atoms with Crippen molar-refractivity contribution in [1.29, 1.82) is 0 Å². The van der Waals surface area contributed by atoms with Gasteiger partial charge in [0.25, 0.3) is 0 Å². The van der Waals surface area contributed by atoms with E-state index < -0.39 is 5.60 Å². The van der Waals surface area contributed by atoms with Crippen molar-refractivity contribution in [3.05, 3.63) is 48.9 Å². The molecule has 1 aliphatic carbocycles. The molecule has 0 amide bonds. The van der Waals surface area contributed by atoms with Crippen LogP contribution in [-0.4, -0.2) is 48.2 Å².